The van der Waals surface area contributed by atoms with Crippen LogP contribution < -0.4 is 10.6 Å². The Kier molecular flexibility index (Phi) is 2.70. The zero-order chi connectivity index (χ0) is 14.4. The largest absolute Gasteiger partial charge is 0.377 e. The van der Waals surface area contributed by atoms with Crippen LogP contribution in [-0.2, 0) is 4.79 Å². The van der Waals surface area contributed by atoms with Gasteiger partial charge in [0.1, 0.15) is 5.82 Å². The fourth-order valence-corrected chi connectivity index (χ4v) is 3.35. The highest BCUT2D eigenvalue weighted by molar-refractivity contribution is 6.00. The number of halogens is 1. The van der Waals surface area contributed by atoms with Crippen molar-refractivity contribution >= 4 is 11.6 Å². The Morgan fingerprint density at radius 2 is 2.00 bits per heavy atom. The van der Waals surface area contributed by atoms with Crippen molar-refractivity contribution in [1.29, 1.82) is 0 Å². The lowest BCUT2D eigenvalue weighted by Crippen LogP contribution is -2.29. The number of benzene rings is 1. The molecule has 0 aromatic heterocycles. The van der Waals surface area contributed by atoms with Gasteiger partial charge >= 0.3 is 0 Å². The normalized spacial score (nSPS) is 23.7. The van der Waals surface area contributed by atoms with Crippen molar-refractivity contribution < 1.29 is 9.18 Å². The average molecular weight is 282 g/mol. The first-order valence-electron chi connectivity index (χ1n) is 7.19. The fraction of sp³-hybridized carbons (Fsp3) is 0.235. The van der Waals surface area contributed by atoms with E-state index in [4.69, 9.17) is 0 Å². The third-order valence-corrected chi connectivity index (χ3v) is 4.28. The van der Waals surface area contributed by atoms with Crippen LogP contribution in [0.15, 0.2) is 53.1 Å². The van der Waals surface area contributed by atoms with Crippen LogP contribution in [0.1, 0.15) is 18.4 Å². The van der Waals surface area contributed by atoms with Gasteiger partial charge in [-0.25, -0.2) is 4.39 Å². The van der Waals surface area contributed by atoms with Gasteiger partial charge in [0.15, 0.2) is 0 Å². The predicted molar refractivity (Wildman–Crippen MR) is 78.7 cm³/mol. The van der Waals surface area contributed by atoms with E-state index in [1.807, 2.05) is 12.2 Å². The molecule has 21 heavy (non-hydrogen) atoms. The molecule has 3 aliphatic rings. The highest BCUT2D eigenvalue weighted by atomic mass is 19.1. The molecular weight excluding hydrogens is 267 g/mol. The maximum Gasteiger partial charge on any atom is 0.251 e. The van der Waals surface area contributed by atoms with E-state index in [0.717, 1.165) is 35.2 Å². The molecule has 1 aromatic rings. The maximum absolute atomic E-state index is 13.1. The summed E-state index contributed by atoms with van der Waals surface area (Å²) < 4.78 is 13.1. The highest BCUT2D eigenvalue weighted by Crippen LogP contribution is 2.39. The molecule has 4 rings (SSSR count). The molecule has 0 bridgehead atoms. The molecule has 2 aliphatic heterocycles. The van der Waals surface area contributed by atoms with Crippen LogP contribution in [-0.4, -0.2) is 18.5 Å². The van der Waals surface area contributed by atoms with Gasteiger partial charge in [0.25, 0.3) is 5.91 Å². The molecule has 0 spiro atoms. The van der Waals surface area contributed by atoms with Crippen LogP contribution in [0.5, 0.6) is 0 Å². The van der Waals surface area contributed by atoms with Gasteiger partial charge in [-0.15, -0.1) is 0 Å². The van der Waals surface area contributed by atoms with E-state index in [9.17, 15) is 9.18 Å². The number of carbonyl (C=O) groups is 1. The minimum absolute atomic E-state index is 0.00288. The Labute approximate surface area is 122 Å². The highest BCUT2D eigenvalue weighted by Gasteiger charge is 2.35. The van der Waals surface area contributed by atoms with Crippen LogP contribution in [0.2, 0.25) is 0 Å². The van der Waals surface area contributed by atoms with Crippen LogP contribution >= 0.6 is 0 Å². The van der Waals surface area contributed by atoms with E-state index < -0.39 is 0 Å². The summed E-state index contributed by atoms with van der Waals surface area (Å²) in [5, 5.41) is 6.46. The topological polar surface area (TPSA) is 41.1 Å². The molecule has 1 amide bonds. The van der Waals surface area contributed by atoms with Crippen LogP contribution in [0, 0.1) is 5.82 Å². The third-order valence-electron chi connectivity index (χ3n) is 4.28. The molecule has 1 unspecified atom stereocenters. The zero-order valence-corrected chi connectivity index (χ0v) is 11.4. The van der Waals surface area contributed by atoms with Gasteiger partial charge in [-0.2, -0.15) is 0 Å². The monoisotopic (exact) mass is 282 g/mol. The van der Waals surface area contributed by atoms with Crippen molar-refractivity contribution in [2.45, 2.75) is 18.9 Å². The van der Waals surface area contributed by atoms with Crippen molar-refractivity contribution in [3.05, 3.63) is 64.5 Å². The van der Waals surface area contributed by atoms with E-state index in [1.54, 1.807) is 12.1 Å². The van der Waals surface area contributed by atoms with Gasteiger partial charge in [-0.05, 0) is 53.8 Å². The molecule has 2 N–H and O–H groups in total. The maximum atomic E-state index is 13.1. The van der Waals surface area contributed by atoms with E-state index in [2.05, 4.69) is 10.6 Å². The van der Waals surface area contributed by atoms with Gasteiger partial charge in [-0.1, -0.05) is 12.2 Å². The summed E-state index contributed by atoms with van der Waals surface area (Å²) in [7, 11) is 0. The molecule has 0 radical (unpaired) electrons. The minimum atomic E-state index is -0.237. The second-order valence-corrected chi connectivity index (χ2v) is 5.53. The second kappa shape index (κ2) is 4.58. The predicted octanol–water partition coefficient (Wildman–Crippen LogP) is 2.29. The van der Waals surface area contributed by atoms with E-state index in [0.29, 0.717) is 6.54 Å². The summed E-state index contributed by atoms with van der Waals surface area (Å²) in [6.45, 7) is 0.633. The Morgan fingerprint density at radius 1 is 1.19 bits per heavy atom. The van der Waals surface area contributed by atoms with E-state index in [-0.39, 0.29) is 17.8 Å². The summed E-state index contributed by atoms with van der Waals surface area (Å²) in [5.41, 5.74) is 5.08. The van der Waals surface area contributed by atoms with E-state index >= 15 is 0 Å². The number of nitrogens with one attached hydrogen (secondary N) is 2. The summed E-state index contributed by atoms with van der Waals surface area (Å²) in [6.07, 6.45) is 5.63. The zero-order valence-electron chi connectivity index (χ0n) is 11.4. The Morgan fingerprint density at radius 3 is 2.81 bits per heavy atom. The number of carbonyl (C=O) groups excluding carboxylic acids is 1. The van der Waals surface area contributed by atoms with Gasteiger partial charge < -0.3 is 10.6 Å². The first-order valence-corrected chi connectivity index (χ1v) is 7.19. The lowest BCUT2D eigenvalue weighted by atomic mass is 9.89. The number of rotatable bonds is 1. The lowest BCUT2D eigenvalue weighted by molar-refractivity contribution is -0.117. The molecule has 0 saturated heterocycles. The third kappa shape index (κ3) is 1.90. The summed E-state index contributed by atoms with van der Waals surface area (Å²) in [5.74, 6) is -0.234. The first-order chi connectivity index (χ1) is 10.2. The fourth-order valence-electron chi connectivity index (χ4n) is 3.35. The van der Waals surface area contributed by atoms with Crippen molar-refractivity contribution in [3.63, 3.8) is 0 Å². The summed E-state index contributed by atoms with van der Waals surface area (Å²) in [4.78, 5) is 12.1. The van der Waals surface area contributed by atoms with Crippen molar-refractivity contribution in [2.24, 2.45) is 0 Å². The van der Waals surface area contributed by atoms with Crippen molar-refractivity contribution in [2.75, 3.05) is 6.54 Å². The molecule has 0 fully saturated rings. The van der Waals surface area contributed by atoms with Gasteiger partial charge in [0, 0.05) is 17.8 Å². The molecule has 4 heteroatoms. The van der Waals surface area contributed by atoms with Crippen LogP contribution in [0.25, 0.3) is 5.70 Å². The molecule has 1 aliphatic carbocycles. The molecule has 3 nitrogen and oxygen atoms in total. The number of hydrogen-bond acceptors (Lipinski definition) is 2. The number of amides is 1. The Hall–Kier alpha value is -2.36. The summed E-state index contributed by atoms with van der Waals surface area (Å²) in [6, 6.07) is 6.68. The van der Waals surface area contributed by atoms with Gasteiger partial charge in [0.05, 0.1) is 6.04 Å². The Balaban J connectivity index is 1.89. The van der Waals surface area contributed by atoms with Crippen LogP contribution in [0.3, 0.4) is 0 Å². The standard InChI is InChI=1S/C17H15FN2O/c18-11-6-4-10(5-7-11)16-12-8-9-19-17(21)13-2-1-3-14(20-16)15(12)13/h1-2,4-7,14,20H,3,8-9H2,(H,19,21). The molecular formula is C17H15FN2O. The minimum Gasteiger partial charge on any atom is -0.377 e. The average Bonchev–Trinajstić information content (AvgIpc) is 2.77. The quantitative estimate of drug-likeness (QED) is 0.829. The smallest absolute Gasteiger partial charge is 0.251 e. The van der Waals surface area contributed by atoms with Crippen molar-refractivity contribution in [3.8, 4) is 0 Å². The van der Waals surface area contributed by atoms with Gasteiger partial charge in [-0.3, -0.25) is 4.79 Å². The Bertz CT molecular complexity index is 713. The molecule has 2 heterocycles. The molecule has 0 saturated carbocycles. The second-order valence-electron chi connectivity index (χ2n) is 5.53. The summed E-state index contributed by atoms with van der Waals surface area (Å²) >= 11 is 0. The molecule has 1 atom stereocenters. The van der Waals surface area contributed by atoms with Crippen LogP contribution in [0.4, 0.5) is 4.39 Å². The van der Waals surface area contributed by atoms with Gasteiger partial charge in [0.2, 0.25) is 0 Å². The first kappa shape index (κ1) is 12.4. The SMILES string of the molecule is O=C1NCCC2=C(c3ccc(F)cc3)NC3CC=CC1=C23. The lowest BCUT2D eigenvalue weighted by Gasteiger charge is -2.19. The van der Waals surface area contributed by atoms with E-state index in [1.165, 1.54) is 17.7 Å². The molecule has 1 aromatic carbocycles. The van der Waals surface area contributed by atoms with Crippen molar-refractivity contribution in [1.82, 2.24) is 10.6 Å². The molecule has 106 valence electrons. The number of hydrogen-bond donors (Lipinski definition) is 2.